The zero-order valence-electron chi connectivity index (χ0n) is 28.1. The fourth-order valence-electron chi connectivity index (χ4n) is 6.91. The van der Waals surface area contributed by atoms with Crippen molar-refractivity contribution in [2.75, 3.05) is 26.2 Å². The first kappa shape index (κ1) is 40.7. The Morgan fingerprint density at radius 1 is 0.815 bits per heavy atom. The van der Waals surface area contributed by atoms with E-state index < -0.39 is 115 Å². The number of aliphatic hydroxyl groups excluding tert-OH is 1. The molecule has 2 aliphatic heterocycles. The second-order valence-corrected chi connectivity index (χ2v) is 15.2. The van der Waals surface area contributed by atoms with E-state index in [1.807, 2.05) is 0 Å². The van der Waals surface area contributed by atoms with Crippen LogP contribution in [-0.4, -0.2) is 79.6 Å². The quantitative estimate of drug-likeness (QED) is 0.168. The summed E-state index contributed by atoms with van der Waals surface area (Å²) in [5.74, 6) is -6.69. The van der Waals surface area contributed by atoms with Crippen LogP contribution in [0.3, 0.4) is 0 Å². The maximum atomic E-state index is 14.6. The number of hydrogen-bond donors (Lipinski definition) is 1. The molecule has 0 saturated carbocycles. The topological polar surface area (TPSA) is 121 Å². The van der Waals surface area contributed by atoms with Gasteiger partial charge in [-0.15, -0.1) is 0 Å². The molecule has 1 N–H and O–H groups in total. The molecule has 3 amide bonds. The molecule has 292 valence electrons. The lowest BCUT2D eigenvalue weighted by atomic mass is 9.77. The minimum Gasteiger partial charge on any atom is -0.395 e. The number of alkyl halides is 6. The maximum absolute atomic E-state index is 14.6. The lowest BCUT2D eigenvalue weighted by Crippen LogP contribution is -2.56. The fraction of sp³-hybridized carbons (Fsp3) is 0.400. The zero-order chi connectivity index (χ0) is 40.1. The molecule has 0 bridgehead atoms. The molecule has 9 nitrogen and oxygen atoms in total. The highest BCUT2D eigenvalue weighted by molar-refractivity contribution is 7.93. The van der Waals surface area contributed by atoms with Gasteiger partial charge in [0.15, 0.2) is 14.6 Å². The van der Waals surface area contributed by atoms with Crippen molar-refractivity contribution in [2.24, 2.45) is 5.41 Å². The number of aliphatic hydroxyl groups is 1. The van der Waals surface area contributed by atoms with E-state index >= 15 is 0 Å². The van der Waals surface area contributed by atoms with Gasteiger partial charge in [-0.05, 0) is 61.2 Å². The van der Waals surface area contributed by atoms with E-state index in [1.165, 1.54) is 11.8 Å². The molecule has 2 fully saturated rings. The van der Waals surface area contributed by atoms with Crippen LogP contribution in [0.1, 0.15) is 42.9 Å². The number of amides is 3. The normalized spacial score (nSPS) is 19.6. The molecule has 0 radical (unpaired) electrons. The summed E-state index contributed by atoms with van der Waals surface area (Å²) in [6.07, 6.45) is -13.7. The van der Waals surface area contributed by atoms with Crippen molar-refractivity contribution < 1.29 is 72.2 Å². The van der Waals surface area contributed by atoms with Gasteiger partial charge in [0, 0.05) is 37.7 Å². The number of piperidine rings is 1. The van der Waals surface area contributed by atoms with Crippen LogP contribution in [0.5, 0.6) is 0 Å². The van der Waals surface area contributed by atoms with E-state index in [0.717, 1.165) is 30.3 Å². The minimum atomic E-state index is -6.34. The lowest BCUT2D eigenvalue weighted by Gasteiger charge is -2.41. The Morgan fingerprint density at radius 2 is 1.35 bits per heavy atom. The molecule has 0 spiro atoms. The fourth-order valence-corrected chi connectivity index (χ4v) is 8.96. The smallest absolute Gasteiger partial charge is 0.395 e. The van der Waals surface area contributed by atoms with E-state index in [0.29, 0.717) is 29.2 Å². The van der Waals surface area contributed by atoms with Gasteiger partial charge in [0.1, 0.15) is 17.5 Å². The van der Waals surface area contributed by atoms with Crippen molar-refractivity contribution in [1.82, 2.24) is 9.80 Å². The van der Waals surface area contributed by atoms with Gasteiger partial charge in [-0.25, -0.2) is 21.6 Å². The summed E-state index contributed by atoms with van der Waals surface area (Å²) in [5.41, 5.74) is -10.5. The zero-order valence-corrected chi connectivity index (χ0v) is 28.9. The van der Waals surface area contributed by atoms with Crippen LogP contribution < -0.4 is 0 Å². The van der Waals surface area contributed by atoms with Gasteiger partial charge in [-0.1, -0.05) is 30.3 Å². The number of halogens is 9. The van der Waals surface area contributed by atoms with Crippen molar-refractivity contribution in [2.45, 2.75) is 60.4 Å². The molecule has 0 aromatic heterocycles. The van der Waals surface area contributed by atoms with Crippen molar-refractivity contribution in [3.63, 3.8) is 0 Å². The molecule has 1 atom stereocenters. The predicted octanol–water partition coefficient (Wildman–Crippen LogP) is 5.69. The second kappa shape index (κ2) is 14.3. The first-order chi connectivity index (χ1) is 25.1. The number of hydrogen-bond acceptors (Lipinski definition) is 7. The highest BCUT2D eigenvalue weighted by Crippen LogP contribution is 2.54. The minimum absolute atomic E-state index is 0.00403. The Morgan fingerprint density at radius 3 is 1.83 bits per heavy atom. The Kier molecular flexibility index (Phi) is 10.8. The second-order valence-electron chi connectivity index (χ2n) is 13.0. The summed E-state index contributed by atoms with van der Waals surface area (Å²) in [4.78, 5) is 41.5. The van der Waals surface area contributed by atoms with Gasteiger partial charge in [0.05, 0.1) is 23.5 Å². The van der Waals surface area contributed by atoms with Crippen LogP contribution in [-0.2, 0) is 45.9 Å². The largest absolute Gasteiger partial charge is 0.430 e. The summed E-state index contributed by atoms with van der Waals surface area (Å²) in [7, 11) is -5.11. The van der Waals surface area contributed by atoms with Gasteiger partial charge >= 0.3 is 12.4 Å². The summed E-state index contributed by atoms with van der Waals surface area (Å²) >= 11 is 0. The molecule has 5 rings (SSSR count). The number of ether oxygens (including phenoxy) is 1. The van der Waals surface area contributed by atoms with E-state index in [4.69, 9.17) is 0 Å². The van der Waals surface area contributed by atoms with Gasteiger partial charge < -0.3 is 14.7 Å². The number of nitrogens with zero attached hydrogens (tertiary/aromatic N) is 2. The number of imide groups is 1. The van der Waals surface area contributed by atoms with Gasteiger partial charge in [-0.2, -0.15) is 26.3 Å². The molecular weight excluding hydrogens is 763 g/mol. The predicted molar refractivity (Wildman–Crippen MR) is 169 cm³/mol. The number of carbonyl (C=O) groups is 3. The summed E-state index contributed by atoms with van der Waals surface area (Å²) in [6.45, 7) is -2.04. The van der Waals surface area contributed by atoms with Gasteiger partial charge in [0.25, 0.3) is 11.5 Å². The van der Waals surface area contributed by atoms with Crippen molar-refractivity contribution in [1.29, 1.82) is 0 Å². The molecule has 2 heterocycles. The SMILES string of the molecule is CC(=O)N1CCC(CO)(C(=O)N2CC[C@](c3ccc(C(OCc4c(F)cccc4F)(C(F)(F)F)C(F)(F)F)cc3)(S(=O)(=O)c3ccc(F)cc3)C2=O)CC1. The summed E-state index contributed by atoms with van der Waals surface area (Å²) in [5, 5.41) is 10.3. The molecule has 2 saturated heterocycles. The Balaban J connectivity index is 1.63. The molecule has 0 unspecified atom stereocenters. The van der Waals surface area contributed by atoms with Crippen molar-refractivity contribution in [3.8, 4) is 0 Å². The molecule has 54 heavy (non-hydrogen) atoms. The van der Waals surface area contributed by atoms with Crippen LogP contribution >= 0.6 is 0 Å². The van der Waals surface area contributed by atoms with Crippen LogP contribution in [0.2, 0.25) is 0 Å². The maximum Gasteiger partial charge on any atom is 0.430 e. The number of benzene rings is 3. The van der Waals surface area contributed by atoms with Gasteiger partial charge in [0.2, 0.25) is 11.8 Å². The van der Waals surface area contributed by atoms with Crippen LogP contribution in [0.15, 0.2) is 71.6 Å². The molecular formula is C35H31F9N2O7S. The first-order valence-corrected chi connectivity index (χ1v) is 17.6. The number of carbonyl (C=O) groups excluding carboxylic acids is 3. The molecule has 19 heteroatoms. The Bertz CT molecular complexity index is 2000. The number of sulfone groups is 1. The third kappa shape index (κ3) is 6.52. The first-order valence-electron chi connectivity index (χ1n) is 16.1. The van der Waals surface area contributed by atoms with E-state index in [9.17, 15) is 67.4 Å². The molecule has 2 aliphatic rings. The molecule has 3 aromatic carbocycles. The van der Waals surface area contributed by atoms with Crippen LogP contribution in [0, 0.1) is 22.9 Å². The Hall–Kier alpha value is -4.49. The van der Waals surface area contributed by atoms with Crippen molar-refractivity contribution in [3.05, 3.63) is 101 Å². The molecule has 3 aromatic rings. The average molecular weight is 795 g/mol. The van der Waals surface area contributed by atoms with E-state index in [-0.39, 0.29) is 44.0 Å². The van der Waals surface area contributed by atoms with Crippen LogP contribution in [0.25, 0.3) is 0 Å². The third-order valence-corrected chi connectivity index (χ3v) is 12.5. The average Bonchev–Trinajstić information content (AvgIpc) is 3.46. The van der Waals surface area contributed by atoms with Crippen molar-refractivity contribution >= 4 is 27.6 Å². The van der Waals surface area contributed by atoms with Gasteiger partial charge in [-0.3, -0.25) is 19.3 Å². The molecule has 0 aliphatic carbocycles. The highest BCUT2D eigenvalue weighted by Gasteiger charge is 2.73. The van der Waals surface area contributed by atoms with Crippen LogP contribution in [0.4, 0.5) is 39.5 Å². The summed E-state index contributed by atoms with van der Waals surface area (Å²) < 4.78 is 160. The van der Waals surface area contributed by atoms with E-state index in [2.05, 4.69) is 4.74 Å². The standard InChI is InChI=1S/C35H31F9N2O7S/c1-21(48)45-16-13-31(20-47,14-17-45)29(49)46-18-15-32(30(46)50,54(51,52)25-11-9-24(36)10-12-25)22-5-7-23(8-6-22)33(34(39,40)41,35(42,43)44)53-19-26-27(37)3-2-4-28(26)38/h2-12,47H,13-20H2,1H3/t32-/m1/s1. The van der Waals surface area contributed by atoms with E-state index in [1.54, 1.807) is 0 Å². The highest BCUT2D eigenvalue weighted by atomic mass is 32.2. The monoisotopic (exact) mass is 794 g/mol. The lowest BCUT2D eigenvalue weighted by molar-refractivity contribution is -0.392. The Labute approximate surface area is 302 Å². The third-order valence-electron chi connectivity index (χ3n) is 10.1. The summed E-state index contributed by atoms with van der Waals surface area (Å²) in [6, 6.07) is 6.39. The number of likely N-dealkylation sites (tertiary alicyclic amines) is 2. The number of rotatable bonds is 9.